The van der Waals surface area contributed by atoms with E-state index in [-0.39, 0.29) is 29.6 Å². The highest BCUT2D eigenvalue weighted by Gasteiger charge is 2.18. The monoisotopic (exact) mass is 1020 g/mol. The largest absolute Gasteiger partial charge is 0.480 e. The first-order valence-electron chi connectivity index (χ1n) is 24.4. The zero-order valence-electron chi connectivity index (χ0n) is 40.5. The number of nitrogens with one attached hydrogen (secondary N) is 5. The van der Waals surface area contributed by atoms with Gasteiger partial charge >= 0.3 is 5.97 Å². The number of hydrogen-bond donors (Lipinski definition) is 7. The number of rotatable bonds is 17. The Morgan fingerprint density at radius 3 is 1.51 bits per heavy atom. The molecule has 4 aromatic carbocycles. The first kappa shape index (κ1) is 51.8. The summed E-state index contributed by atoms with van der Waals surface area (Å²) in [7, 11) is 0. The van der Waals surface area contributed by atoms with E-state index in [0.29, 0.717) is 37.6 Å². The predicted octanol–water partition coefficient (Wildman–Crippen LogP) is 7.09. The lowest BCUT2D eigenvalue weighted by molar-refractivity contribution is -0.137. The van der Waals surface area contributed by atoms with E-state index in [0.717, 1.165) is 67.0 Å². The van der Waals surface area contributed by atoms with Gasteiger partial charge in [0.15, 0.2) is 11.6 Å². The van der Waals surface area contributed by atoms with E-state index >= 15 is 0 Å². The van der Waals surface area contributed by atoms with Crippen molar-refractivity contribution in [3.05, 3.63) is 208 Å². The van der Waals surface area contributed by atoms with E-state index in [2.05, 4.69) is 60.8 Å². The standard InChI is InChI=1S/C28H29N5O2S.C20H19N3O3.C8H12N2S/c34-26(31-16-23-15-22-12-13-29-18-25(22)36-23)19-33-24(21-9-5-2-6-10-21)17-32-27(28(33)35)30-14-11-20-7-3-1-4-8-20;24-18(25)14-23-17(16-9-5-2-6-10-16)13-22-19(20(23)26)21-12-11-15-7-3-1-4-8-15;9-4-7-3-6-1-2-10-5-8(6)11-7/h1-10,15,17,29H,11-14,16,18-19H2,(H,30,32)(H,31,34);1-10,13H,11-12,14H2,(H,21,22)(H,24,25);3,10H,1-2,4-5,9H2. The number of aromatic nitrogens is 4. The molecule has 10 rings (SSSR count). The van der Waals surface area contributed by atoms with E-state index in [1.54, 1.807) is 17.5 Å². The van der Waals surface area contributed by atoms with Crippen molar-refractivity contribution in [3.8, 4) is 22.5 Å². The minimum absolute atomic E-state index is 0.0778. The first-order valence-corrected chi connectivity index (χ1v) is 26.0. The maximum Gasteiger partial charge on any atom is 0.323 e. The number of aliphatic carboxylic acids is 1. The van der Waals surface area contributed by atoms with E-state index < -0.39 is 18.1 Å². The molecule has 0 saturated carbocycles. The van der Waals surface area contributed by atoms with Crippen LogP contribution in [0.25, 0.3) is 22.5 Å². The van der Waals surface area contributed by atoms with Gasteiger partial charge in [-0.3, -0.25) is 28.3 Å². The van der Waals surface area contributed by atoms with Crippen LogP contribution in [0.3, 0.4) is 0 Å². The summed E-state index contributed by atoms with van der Waals surface area (Å²) in [6.07, 6.45) is 6.89. The fourth-order valence-corrected chi connectivity index (χ4v) is 10.7. The van der Waals surface area contributed by atoms with Crippen molar-refractivity contribution in [2.45, 2.75) is 65.0 Å². The summed E-state index contributed by atoms with van der Waals surface area (Å²) in [5.74, 6) is -0.885. The molecule has 0 saturated heterocycles. The number of carboxylic acids is 1. The topological polar surface area (TPSA) is 210 Å². The normalized spacial score (nSPS) is 12.5. The molecule has 0 bridgehead atoms. The number of fused-ring (bicyclic) bond motifs is 2. The second-order valence-electron chi connectivity index (χ2n) is 17.4. The van der Waals surface area contributed by atoms with Crippen molar-refractivity contribution >= 4 is 46.2 Å². The molecule has 0 atom stereocenters. The molecule has 376 valence electrons. The average Bonchev–Trinajstić information content (AvgIpc) is 4.06. The number of carbonyl (C=O) groups is 2. The molecule has 17 heteroatoms. The number of nitrogens with zero attached hydrogens (tertiary/aromatic N) is 4. The second-order valence-corrected chi connectivity index (χ2v) is 19.8. The van der Waals surface area contributed by atoms with Crippen LogP contribution in [0.15, 0.2) is 155 Å². The van der Waals surface area contributed by atoms with Crippen LogP contribution >= 0.6 is 22.7 Å². The van der Waals surface area contributed by atoms with Crippen molar-refractivity contribution in [2.75, 3.05) is 36.8 Å². The summed E-state index contributed by atoms with van der Waals surface area (Å²) < 4.78 is 2.74. The quantitative estimate of drug-likeness (QED) is 0.0488. The van der Waals surface area contributed by atoms with Gasteiger partial charge in [0.05, 0.1) is 30.3 Å². The van der Waals surface area contributed by atoms with Crippen molar-refractivity contribution in [2.24, 2.45) is 5.73 Å². The summed E-state index contributed by atoms with van der Waals surface area (Å²) in [4.78, 5) is 64.2. The Bertz CT molecular complexity index is 3130. The van der Waals surface area contributed by atoms with Crippen LogP contribution in [0, 0.1) is 0 Å². The second kappa shape index (κ2) is 26.2. The first-order chi connectivity index (χ1) is 35.7. The lowest BCUT2D eigenvalue weighted by Crippen LogP contribution is -2.34. The Morgan fingerprint density at radius 2 is 1.05 bits per heavy atom. The van der Waals surface area contributed by atoms with Gasteiger partial charge in [-0.25, -0.2) is 9.97 Å². The molecule has 0 fully saturated rings. The third-order valence-electron chi connectivity index (χ3n) is 12.2. The molecule has 0 aliphatic carbocycles. The van der Waals surface area contributed by atoms with E-state index in [1.165, 1.54) is 53.1 Å². The highest BCUT2D eigenvalue weighted by Crippen LogP contribution is 2.26. The lowest BCUT2D eigenvalue weighted by atomic mass is 10.1. The minimum atomic E-state index is -1.08. The number of carbonyl (C=O) groups excluding carboxylic acids is 1. The summed E-state index contributed by atoms with van der Waals surface area (Å²) in [5, 5.41) is 25.1. The number of anilines is 2. The van der Waals surface area contributed by atoms with Gasteiger partial charge in [-0.1, -0.05) is 121 Å². The zero-order valence-corrected chi connectivity index (χ0v) is 42.2. The number of nitrogens with two attached hydrogens (primary N) is 1. The number of hydrogen-bond acceptors (Lipinski definition) is 13. The smallest absolute Gasteiger partial charge is 0.323 e. The summed E-state index contributed by atoms with van der Waals surface area (Å²) in [6.45, 7) is 5.80. The van der Waals surface area contributed by atoms with E-state index in [9.17, 15) is 24.3 Å². The summed E-state index contributed by atoms with van der Waals surface area (Å²) in [5.41, 5.74) is 12.7. The number of amides is 1. The minimum Gasteiger partial charge on any atom is -0.480 e. The van der Waals surface area contributed by atoms with Crippen LogP contribution < -0.4 is 43.4 Å². The van der Waals surface area contributed by atoms with Gasteiger partial charge in [-0.2, -0.15) is 0 Å². The molecule has 1 amide bonds. The fraction of sp³-hybridized carbons (Fsp3) is 0.250. The third-order valence-corrected chi connectivity index (χ3v) is 14.6. The molecule has 4 aromatic heterocycles. The van der Waals surface area contributed by atoms with Gasteiger partial charge in [0.2, 0.25) is 5.91 Å². The molecule has 0 spiro atoms. The maximum absolute atomic E-state index is 13.4. The van der Waals surface area contributed by atoms with Gasteiger partial charge in [0.1, 0.15) is 13.1 Å². The summed E-state index contributed by atoms with van der Waals surface area (Å²) >= 11 is 3.58. The number of carboxylic acid groups (broad SMARTS) is 1. The van der Waals surface area contributed by atoms with Crippen molar-refractivity contribution < 1.29 is 14.7 Å². The molecule has 15 nitrogen and oxygen atoms in total. The molecule has 8 aromatic rings. The Kier molecular flexibility index (Phi) is 18.6. The Hall–Kier alpha value is -7.54. The number of thiophene rings is 2. The molecule has 2 aliphatic heterocycles. The molecular weight excluding hydrogens is 957 g/mol. The van der Waals surface area contributed by atoms with Gasteiger partial charge in [-0.15, -0.1) is 22.7 Å². The number of benzene rings is 4. The Morgan fingerprint density at radius 1 is 0.616 bits per heavy atom. The SMILES string of the molecule is NCc1cc2c(s1)CNCC2.O=C(Cn1c(-c2ccccc2)cnc(NCCc2ccccc2)c1=O)NCc1cc2c(s1)CNCC2.O=C(O)Cn1c(-c2ccccc2)cnc(NCCc2ccccc2)c1=O. The molecule has 8 N–H and O–H groups in total. The molecule has 6 heterocycles. The van der Waals surface area contributed by atoms with Crippen LogP contribution in [0.1, 0.15) is 41.8 Å². The van der Waals surface area contributed by atoms with E-state index in [4.69, 9.17) is 5.73 Å². The molecular formula is C56H60N10O5S2. The molecule has 2 aliphatic rings. The van der Waals surface area contributed by atoms with Crippen LogP contribution in [0.4, 0.5) is 11.6 Å². The average molecular weight is 1020 g/mol. The van der Waals surface area contributed by atoms with Crippen molar-refractivity contribution in [1.82, 2.24) is 35.1 Å². The van der Waals surface area contributed by atoms with Crippen LogP contribution in [0.5, 0.6) is 0 Å². The zero-order chi connectivity index (χ0) is 50.8. The van der Waals surface area contributed by atoms with Gasteiger partial charge in [0, 0.05) is 52.2 Å². The molecule has 0 unspecified atom stereocenters. The van der Waals surface area contributed by atoms with Crippen LogP contribution in [0.2, 0.25) is 0 Å². The fourth-order valence-electron chi connectivity index (χ4n) is 8.49. The molecule has 73 heavy (non-hydrogen) atoms. The van der Waals surface area contributed by atoms with Gasteiger partial charge in [0.25, 0.3) is 11.1 Å². The Labute approximate surface area is 432 Å². The van der Waals surface area contributed by atoms with Gasteiger partial charge in [-0.05, 0) is 84.3 Å². The predicted molar refractivity (Wildman–Crippen MR) is 292 cm³/mol. The van der Waals surface area contributed by atoms with Crippen molar-refractivity contribution in [3.63, 3.8) is 0 Å². The maximum atomic E-state index is 13.4. The Balaban J connectivity index is 0.000000166. The third kappa shape index (κ3) is 14.6. The van der Waals surface area contributed by atoms with Crippen molar-refractivity contribution in [1.29, 1.82) is 0 Å². The summed E-state index contributed by atoms with van der Waals surface area (Å²) in [6, 6.07) is 43.1. The highest BCUT2D eigenvalue weighted by molar-refractivity contribution is 7.12. The highest BCUT2D eigenvalue weighted by atomic mass is 32.1. The van der Waals surface area contributed by atoms with Gasteiger partial charge < -0.3 is 37.4 Å². The van der Waals surface area contributed by atoms with Crippen LogP contribution in [-0.4, -0.2) is 62.3 Å². The molecule has 0 radical (unpaired) electrons. The lowest BCUT2D eigenvalue weighted by Gasteiger charge is -2.15. The van der Waals surface area contributed by atoms with Crippen LogP contribution in [-0.2, 0) is 74.5 Å². The van der Waals surface area contributed by atoms with E-state index in [1.807, 2.05) is 121 Å².